The summed E-state index contributed by atoms with van der Waals surface area (Å²) in [5.41, 5.74) is 7.73. The van der Waals surface area contributed by atoms with Crippen molar-refractivity contribution in [1.29, 1.82) is 0 Å². The summed E-state index contributed by atoms with van der Waals surface area (Å²) < 4.78 is 0. The molecule has 0 bridgehead atoms. The van der Waals surface area contributed by atoms with E-state index in [9.17, 15) is 4.79 Å². The van der Waals surface area contributed by atoms with Crippen LogP contribution < -0.4 is 5.73 Å². The third-order valence-corrected chi connectivity index (χ3v) is 4.99. The molecule has 7 nitrogen and oxygen atoms in total. The Morgan fingerprint density at radius 1 is 1.10 bits per heavy atom. The number of nitrogens with zero attached hydrogens (tertiary/aromatic N) is 5. The molecule has 4 aromatic rings. The van der Waals surface area contributed by atoms with Gasteiger partial charge in [-0.1, -0.05) is 11.6 Å². The summed E-state index contributed by atoms with van der Waals surface area (Å²) in [5.74, 6) is 0.826. The van der Waals surface area contributed by atoms with E-state index in [0.29, 0.717) is 27.9 Å². The molecular formula is C22H19ClN6O. The molecule has 30 heavy (non-hydrogen) atoms. The second kappa shape index (κ2) is 8.42. The van der Waals surface area contributed by atoms with Gasteiger partial charge >= 0.3 is 0 Å². The van der Waals surface area contributed by atoms with Crippen molar-refractivity contribution < 1.29 is 4.79 Å². The number of pyridine rings is 2. The molecule has 0 fully saturated rings. The van der Waals surface area contributed by atoms with Gasteiger partial charge in [0, 0.05) is 29.5 Å². The van der Waals surface area contributed by atoms with Crippen LogP contribution in [-0.2, 0) is 6.54 Å². The number of amides is 1. The van der Waals surface area contributed by atoms with Crippen LogP contribution in [0.5, 0.6) is 0 Å². The van der Waals surface area contributed by atoms with Crippen LogP contribution in [0.4, 0.5) is 5.82 Å². The number of benzene rings is 1. The third-order valence-electron chi connectivity index (χ3n) is 4.77. The van der Waals surface area contributed by atoms with Crippen molar-refractivity contribution in [2.24, 2.45) is 0 Å². The van der Waals surface area contributed by atoms with Crippen LogP contribution in [0.3, 0.4) is 0 Å². The number of nitrogens with two attached hydrogens (primary N) is 1. The van der Waals surface area contributed by atoms with E-state index in [1.165, 1.54) is 0 Å². The van der Waals surface area contributed by atoms with Gasteiger partial charge < -0.3 is 10.6 Å². The number of carbonyl (C=O) groups is 1. The zero-order valence-electron chi connectivity index (χ0n) is 16.2. The van der Waals surface area contributed by atoms with Gasteiger partial charge in [0.1, 0.15) is 11.6 Å². The van der Waals surface area contributed by atoms with Gasteiger partial charge in [-0.25, -0.2) is 15.0 Å². The minimum absolute atomic E-state index is 0.162. The molecule has 1 atom stereocenters. The summed E-state index contributed by atoms with van der Waals surface area (Å²) in [6.07, 6.45) is 4.89. The maximum atomic E-state index is 13.5. The van der Waals surface area contributed by atoms with Crippen molar-refractivity contribution in [1.82, 2.24) is 24.8 Å². The van der Waals surface area contributed by atoms with E-state index < -0.39 is 0 Å². The lowest BCUT2D eigenvalue weighted by Gasteiger charge is -2.28. The van der Waals surface area contributed by atoms with Crippen LogP contribution in [0.2, 0.25) is 5.02 Å². The topological polar surface area (TPSA) is 97.9 Å². The van der Waals surface area contributed by atoms with E-state index in [2.05, 4.69) is 19.9 Å². The molecule has 1 amide bonds. The molecule has 2 N–H and O–H groups in total. The Balaban J connectivity index is 1.71. The Morgan fingerprint density at radius 2 is 1.90 bits per heavy atom. The predicted octanol–water partition coefficient (Wildman–Crippen LogP) is 4.06. The molecule has 0 spiro atoms. The van der Waals surface area contributed by atoms with Crippen LogP contribution in [-0.4, -0.2) is 30.7 Å². The van der Waals surface area contributed by atoms with Gasteiger partial charge in [0.25, 0.3) is 5.91 Å². The van der Waals surface area contributed by atoms with Crippen molar-refractivity contribution in [2.45, 2.75) is 19.5 Å². The lowest BCUT2D eigenvalue weighted by atomic mass is 10.1. The van der Waals surface area contributed by atoms with Gasteiger partial charge in [-0.05, 0) is 55.5 Å². The van der Waals surface area contributed by atoms with Crippen molar-refractivity contribution in [3.05, 3.63) is 89.2 Å². The zero-order chi connectivity index (χ0) is 21.1. The zero-order valence-corrected chi connectivity index (χ0v) is 17.0. The van der Waals surface area contributed by atoms with Crippen LogP contribution in [0.25, 0.3) is 10.9 Å². The monoisotopic (exact) mass is 418 g/mol. The number of aromatic nitrogens is 4. The highest BCUT2D eigenvalue weighted by atomic mass is 35.5. The summed E-state index contributed by atoms with van der Waals surface area (Å²) in [7, 11) is 0. The predicted molar refractivity (Wildman–Crippen MR) is 116 cm³/mol. The van der Waals surface area contributed by atoms with E-state index >= 15 is 0 Å². The van der Waals surface area contributed by atoms with Crippen molar-refractivity contribution >= 4 is 34.2 Å². The van der Waals surface area contributed by atoms with Crippen molar-refractivity contribution in [3.63, 3.8) is 0 Å². The number of hydrogen-bond donors (Lipinski definition) is 1. The SMILES string of the molecule is C[C@H](c1ncccn1)N(Cc1ccc(Cl)cn1)C(=O)c1ccc2nc(N)ccc2c1. The highest BCUT2D eigenvalue weighted by Gasteiger charge is 2.25. The fraction of sp³-hybridized carbons (Fsp3) is 0.136. The molecule has 0 aliphatic heterocycles. The average Bonchev–Trinajstić information content (AvgIpc) is 2.78. The largest absolute Gasteiger partial charge is 0.384 e. The minimum atomic E-state index is -0.364. The summed E-state index contributed by atoms with van der Waals surface area (Å²) in [4.78, 5) is 32.5. The van der Waals surface area contributed by atoms with Crippen LogP contribution in [0, 0.1) is 0 Å². The normalized spacial score (nSPS) is 11.9. The Bertz CT molecular complexity index is 1180. The lowest BCUT2D eigenvalue weighted by Crippen LogP contribution is -2.34. The molecule has 0 unspecified atom stereocenters. The molecule has 150 valence electrons. The van der Waals surface area contributed by atoms with E-state index in [-0.39, 0.29) is 18.5 Å². The number of fused-ring (bicyclic) bond motifs is 1. The van der Waals surface area contributed by atoms with Crippen LogP contribution in [0.15, 0.2) is 67.1 Å². The summed E-state index contributed by atoms with van der Waals surface area (Å²) in [5, 5.41) is 1.38. The van der Waals surface area contributed by atoms with E-state index in [4.69, 9.17) is 17.3 Å². The van der Waals surface area contributed by atoms with Gasteiger partial charge in [0.2, 0.25) is 0 Å². The average molecular weight is 419 g/mol. The third kappa shape index (κ3) is 4.21. The van der Waals surface area contributed by atoms with E-state index in [1.807, 2.05) is 19.1 Å². The van der Waals surface area contributed by atoms with Crippen molar-refractivity contribution in [3.8, 4) is 0 Å². The van der Waals surface area contributed by atoms with Crippen molar-refractivity contribution in [2.75, 3.05) is 5.73 Å². The smallest absolute Gasteiger partial charge is 0.254 e. The van der Waals surface area contributed by atoms with Crippen LogP contribution >= 0.6 is 11.6 Å². The first-order valence-electron chi connectivity index (χ1n) is 9.36. The Labute approximate surface area is 178 Å². The first-order chi connectivity index (χ1) is 14.5. The first kappa shape index (κ1) is 19.7. The molecule has 0 radical (unpaired) electrons. The molecule has 4 rings (SSSR count). The Kier molecular flexibility index (Phi) is 5.54. The first-order valence-corrected chi connectivity index (χ1v) is 9.73. The van der Waals surface area contributed by atoms with Crippen LogP contribution in [0.1, 0.15) is 34.8 Å². The summed E-state index contributed by atoms with van der Waals surface area (Å²) in [6, 6.07) is 13.8. The Morgan fingerprint density at radius 3 is 2.63 bits per heavy atom. The molecular weight excluding hydrogens is 400 g/mol. The number of hydrogen-bond acceptors (Lipinski definition) is 6. The van der Waals surface area contributed by atoms with Gasteiger partial charge in [-0.15, -0.1) is 0 Å². The summed E-state index contributed by atoms with van der Waals surface area (Å²) in [6.45, 7) is 2.18. The molecule has 0 saturated heterocycles. The molecule has 8 heteroatoms. The highest BCUT2D eigenvalue weighted by molar-refractivity contribution is 6.30. The lowest BCUT2D eigenvalue weighted by molar-refractivity contribution is 0.0663. The molecule has 3 heterocycles. The fourth-order valence-corrected chi connectivity index (χ4v) is 3.28. The van der Waals surface area contributed by atoms with Gasteiger partial charge in [-0.3, -0.25) is 9.78 Å². The number of carbonyl (C=O) groups excluding carboxylic acids is 1. The molecule has 3 aromatic heterocycles. The minimum Gasteiger partial charge on any atom is -0.384 e. The molecule has 0 aliphatic rings. The molecule has 1 aromatic carbocycles. The molecule has 0 aliphatic carbocycles. The van der Waals surface area contributed by atoms with Gasteiger partial charge in [0.15, 0.2) is 0 Å². The number of anilines is 1. The van der Waals surface area contributed by atoms with E-state index in [1.54, 1.807) is 59.9 Å². The second-order valence-electron chi connectivity index (χ2n) is 6.83. The van der Waals surface area contributed by atoms with Gasteiger partial charge in [-0.2, -0.15) is 0 Å². The number of rotatable bonds is 5. The second-order valence-corrected chi connectivity index (χ2v) is 7.26. The summed E-state index contributed by atoms with van der Waals surface area (Å²) >= 11 is 5.95. The number of nitrogen functional groups attached to an aromatic ring is 1. The maximum absolute atomic E-state index is 13.5. The van der Waals surface area contributed by atoms with E-state index in [0.717, 1.165) is 10.9 Å². The maximum Gasteiger partial charge on any atom is 0.254 e. The number of halogens is 1. The highest BCUT2D eigenvalue weighted by Crippen LogP contribution is 2.24. The fourth-order valence-electron chi connectivity index (χ4n) is 3.17. The quantitative estimate of drug-likeness (QED) is 0.524. The van der Waals surface area contributed by atoms with Gasteiger partial charge in [0.05, 0.1) is 28.8 Å². The molecule has 0 saturated carbocycles. The Hall–Kier alpha value is -3.58. The standard InChI is InChI=1S/C22H19ClN6O/c1-14(21-25-9-2-10-26-21)29(13-18-6-5-17(23)12-27-18)22(30)16-3-7-19-15(11-16)4-8-20(24)28-19/h2-12,14H,13H2,1H3,(H2,24,28)/t14-/m1/s1.